The molecule has 0 saturated carbocycles. The zero-order chi connectivity index (χ0) is 18.9. The smallest absolute Gasteiger partial charge is 0.167 e. The molecule has 0 amide bonds. The summed E-state index contributed by atoms with van der Waals surface area (Å²) in [5.74, 6) is 0.693. The Morgan fingerprint density at radius 3 is 2.69 bits per heavy atom. The predicted octanol–water partition coefficient (Wildman–Crippen LogP) is 4.69. The Balaban J connectivity index is 2.18. The Hall–Kier alpha value is -1.34. The molecule has 7 heteroatoms. The summed E-state index contributed by atoms with van der Waals surface area (Å²) in [6.07, 6.45) is 1.63. The number of hydrogen-bond donors (Lipinski definition) is 2. The van der Waals surface area contributed by atoms with E-state index in [4.69, 9.17) is 26.2 Å². The molecule has 2 aromatic rings. The average molecular weight is 447 g/mol. The topological polar surface area (TPSA) is 50.7 Å². The van der Waals surface area contributed by atoms with Gasteiger partial charge in [-0.05, 0) is 43.7 Å². The third kappa shape index (κ3) is 5.58. The van der Waals surface area contributed by atoms with E-state index in [1.54, 1.807) is 25.3 Å². The highest BCUT2D eigenvalue weighted by atomic mass is 79.9. The Bertz CT molecular complexity index is 710. The minimum absolute atomic E-state index is 0.00413. The largest absolute Gasteiger partial charge is 0.493 e. The summed E-state index contributed by atoms with van der Waals surface area (Å²) in [6.45, 7) is 1.49. The van der Waals surface area contributed by atoms with Crippen molar-refractivity contribution in [2.24, 2.45) is 0 Å². The third-order valence-electron chi connectivity index (χ3n) is 3.87. The molecular formula is C19H22BrClFNO3. The standard InChI is InChI=1S/C19H22BrClFNO3/c1-25-18-8-7-15(20)13(11-23-9-2-3-10-24)19(18)26-12-14-16(21)5-4-6-17(14)22/h4-8,23-24H,2-3,9-12H2,1H3. The molecule has 0 atom stereocenters. The molecule has 0 bridgehead atoms. The normalized spacial score (nSPS) is 10.8. The zero-order valence-electron chi connectivity index (χ0n) is 14.5. The van der Waals surface area contributed by atoms with Crippen LogP contribution in [0.5, 0.6) is 11.5 Å². The van der Waals surface area contributed by atoms with Crippen molar-refractivity contribution in [1.29, 1.82) is 0 Å². The quantitative estimate of drug-likeness (QED) is 0.520. The molecule has 142 valence electrons. The van der Waals surface area contributed by atoms with Crippen molar-refractivity contribution >= 4 is 27.5 Å². The number of rotatable bonds is 10. The lowest BCUT2D eigenvalue weighted by atomic mass is 10.1. The van der Waals surface area contributed by atoms with Crippen molar-refractivity contribution < 1.29 is 19.0 Å². The second kappa shape index (κ2) is 10.7. The number of nitrogens with one attached hydrogen (secondary N) is 1. The first-order valence-corrected chi connectivity index (χ1v) is 9.48. The van der Waals surface area contributed by atoms with Crippen LogP contribution in [-0.2, 0) is 13.2 Å². The van der Waals surface area contributed by atoms with Crippen molar-refractivity contribution in [3.63, 3.8) is 0 Å². The first-order valence-electron chi connectivity index (χ1n) is 8.31. The van der Waals surface area contributed by atoms with Crippen LogP contribution in [-0.4, -0.2) is 25.4 Å². The van der Waals surface area contributed by atoms with Gasteiger partial charge in [0.2, 0.25) is 0 Å². The van der Waals surface area contributed by atoms with Gasteiger partial charge in [0.25, 0.3) is 0 Å². The van der Waals surface area contributed by atoms with Crippen LogP contribution in [0, 0.1) is 5.82 Å². The maximum Gasteiger partial charge on any atom is 0.167 e. The van der Waals surface area contributed by atoms with Crippen LogP contribution in [0.15, 0.2) is 34.8 Å². The van der Waals surface area contributed by atoms with Gasteiger partial charge < -0.3 is 19.9 Å². The van der Waals surface area contributed by atoms with Gasteiger partial charge in [-0.25, -0.2) is 4.39 Å². The van der Waals surface area contributed by atoms with E-state index in [0.29, 0.717) is 28.6 Å². The number of benzene rings is 2. The van der Waals surface area contributed by atoms with Crippen molar-refractivity contribution in [3.8, 4) is 11.5 Å². The second-order valence-corrected chi connectivity index (χ2v) is 6.92. The summed E-state index contributed by atoms with van der Waals surface area (Å²) in [4.78, 5) is 0. The Morgan fingerprint density at radius 2 is 2.00 bits per heavy atom. The lowest BCUT2D eigenvalue weighted by molar-refractivity contribution is 0.275. The number of aliphatic hydroxyl groups excluding tert-OH is 1. The predicted molar refractivity (Wildman–Crippen MR) is 104 cm³/mol. The molecule has 0 aliphatic carbocycles. The van der Waals surface area contributed by atoms with E-state index in [1.165, 1.54) is 6.07 Å². The number of ether oxygens (including phenoxy) is 2. The van der Waals surface area contributed by atoms with Gasteiger partial charge in [-0.2, -0.15) is 0 Å². The molecule has 0 radical (unpaired) electrons. The molecule has 0 aromatic heterocycles. The number of aliphatic hydroxyl groups is 1. The van der Waals surface area contributed by atoms with Gasteiger partial charge >= 0.3 is 0 Å². The fraction of sp³-hybridized carbons (Fsp3) is 0.368. The van der Waals surface area contributed by atoms with Gasteiger partial charge in [0.05, 0.1) is 12.1 Å². The van der Waals surface area contributed by atoms with E-state index in [0.717, 1.165) is 29.4 Å². The number of halogens is 3. The van der Waals surface area contributed by atoms with Gasteiger partial charge in [0, 0.05) is 28.8 Å². The Morgan fingerprint density at radius 1 is 1.19 bits per heavy atom. The first-order chi connectivity index (χ1) is 12.6. The minimum Gasteiger partial charge on any atom is -0.493 e. The lowest BCUT2D eigenvalue weighted by Gasteiger charge is -2.18. The SMILES string of the molecule is COc1ccc(Br)c(CNCCCCO)c1OCc1c(F)cccc1Cl. The van der Waals surface area contributed by atoms with Crippen LogP contribution in [0.4, 0.5) is 4.39 Å². The maximum atomic E-state index is 14.0. The molecule has 0 saturated heterocycles. The van der Waals surface area contributed by atoms with Gasteiger partial charge in [0.15, 0.2) is 11.5 Å². The third-order valence-corrected chi connectivity index (χ3v) is 4.97. The highest BCUT2D eigenvalue weighted by molar-refractivity contribution is 9.10. The van der Waals surface area contributed by atoms with Crippen LogP contribution in [0.1, 0.15) is 24.0 Å². The molecular weight excluding hydrogens is 425 g/mol. The van der Waals surface area contributed by atoms with Crippen LogP contribution in [0.25, 0.3) is 0 Å². The van der Waals surface area contributed by atoms with Crippen molar-refractivity contribution in [2.45, 2.75) is 26.0 Å². The summed E-state index contributed by atoms with van der Waals surface area (Å²) < 4.78 is 26.2. The fourth-order valence-electron chi connectivity index (χ4n) is 2.46. The summed E-state index contributed by atoms with van der Waals surface area (Å²) in [5.41, 5.74) is 1.18. The van der Waals surface area contributed by atoms with Crippen LogP contribution < -0.4 is 14.8 Å². The average Bonchev–Trinajstić information content (AvgIpc) is 2.63. The first kappa shape index (κ1) is 21.0. The molecule has 2 rings (SSSR count). The molecule has 0 aliphatic heterocycles. The van der Waals surface area contributed by atoms with E-state index < -0.39 is 5.82 Å². The Labute approximate surface area is 166 Å². The molecule has 0 aliphatic rings. The van der Waals surface area contributed by atoms with Gasteiger partial charge in [-0.15, -0.1) is 0 Å². The molecule has 0 unspecified atom stereocenters. The zero-order valence-corrected chi connectivity index (χ0v) is 16.9. The van der Waals surface area contributed by atoms with E-state index in [1.807, 2.05) is 6.07 Å². The van der Waals surface area contributed by atoms with Crippen LogP contribution in [0.2, 0.25) is 5.02 Å². The highest BCUT2D eigenvalue weighted by Gasteiger charge is 2.16. The number of unbranched alkanes of at least 4 members (excludes halogenated alkanes) is 1. The summed E-state index contributed by atoms with van der Waals surface area (Å²) >= 11 is 9.61. The van der Waals surface area contributed by atoms with E-state index >= 15 is 0 Å². The van der Waals surface area contributed by atoms with E-state index in [9.17, 15) is 4.39 Å². The highest BCUT2D eigenvalue weighted by Crippen LogP contribution is 2.37. The molecule has 2 aromatic carbocycles. The molecule has 0 heterocycles. The second-order valence-electron chi connectivity index (χ2n) is 5.65. The lowest BCUT2D eigenvalue weighted by Crippen LogP contribution is -2.16. The monoisotopic (exact) mass is 445 g/mol. The minimum atomic E-state index is -0.407. The van der Waals surface area contributed by atoms with Crippen LogP contribution in [0.3, 0.4) is 0 Å². The number of hydrogen-bond acceptors (Lipinski definition) is 4. The molecule has 2 N–H and O–H groups in total. The Kier molecular flexibility index (Phi) is 8.65. The van der Waals surface area contributed by atoms with Gasteiger partial charge in [-0.3, -0.25) is 0 Å². The molecule has 4 nitrogen and oxygen atoms in total. The van der Waals surface area contributed by atoms with Crippen molar-refractivity contribution in [3.05, 3.63) is 56.8 Å². The summed E-state index contributed by atoms with van der Waals surface area (Å²) in [5, 5.41) is 12.5. The summed E-state index contributed by atoms with van der Waals surface area (Å²) in [6, 6.07) is 8.21. The van der Waals surface area contributed by atoms with Crippen LogP contribution >= 0.6 is 27.5 Å². The number of methoxy groups -OCH3 is 1. The molecule has 0 spiro atoms. The summed E-state index contributed by atoms with van der Waals surface area (Å²) in [7, 11) is 1.56. The maximum absolute atomic E-state index is 14.0. The van der Waals surface area contributed by atoms with Crippen molar-refractivity contribution in [2.75, 3.05) is 20.3 Å². The van der Waals surface area contributed by atoms with E-state index in [-0.39, 0.29) is 13.2 Å². The molecule has 0 fully saturated rings. The van der Waals surface area contributed by atoms with Gasteiger partial charge in [-0.1, -0.05) is 33.6 Å². The van der Waals surface area contributed by atoms with E-state index in [2.05, 4.69) is 21.2 Å². The van der Waals surface area contributed by atoms with Gasteiger partial charge in [0.1, 0.15) is 12.4 Å². The van der Waals surface area contributed by atoms with Crippen molar-refractivity contribution in [1.82, 2.24) is 5.32 Å². The fourth-order valence-corrected chi connectivity index (χ4v) is 3.13. The molecule has 26 heavy (non-hydrogen) atoms.